The van der Waals surface area contributed by atoms with Crippen LogP contribution in [0.1, 0.15) is 24.4 Å². The number of hydrogen-bond donors (Lipinski definition) is 1. The Morgan fingerprint density at radius 1 is 1.13 bits per heavy atom. The number of aromatic nitrogens is 2. The summed E-state index contributed by atoms with van der Waals surface area (Å²) in [6.07, 6.45) is 0. The topological polar surface area (TPSA) is 51.0 Å². The molecule has 0 aliphatic carbocycles. The van der Waals surface area contributed by atoms with Crippen LogP contribution in [0, 0.1) is 5.82 Å². The van der Waals surface area contributed by atoms with Crippen molar-refractivity contribution in [2.75, 3.05) is 0 Å². The highest BCUT2D eigenvalue weighted by atomic mass is 35.5. The fourth-order valence-electron chi connectivity index (χ4n) is 2.25. The van der Waals surface area contributed by atoms with Gasteiger partial charge in [0.1, 0.15) is 5.82 Å². The Morgan fingerprint density at radius 3 is 2.65 bits per heavy atom. The maximum Gasteiger partial charge on any atom is 0.249 e. The molecule has 0 radical (unpaired) electrons. The van der Waals surface area contributed by atoms with Gasteiger partial charge in [0, 0.05) is 11.6 Å². The van der Waals surface area contributed by atoms with Crippen molar-refractivity contribution < 1.29 is 8.81 Å². The van der Waals surface area contributed by atoms with Crippen molar-refractivity contribution in [1.29, 1.82) is 0 Å². The Morgan fingerprint density at radius 2 is 1.87 bits per heavy atom. The van der Waals surface area contributed by atoms with Gasteiger partial charge in [0.15, 0.2) is 0 Å². The second-order valence-electron chi connectivity index (χ2n) is 5.10. The average Bonchev–Trinajstić information content (AvgIpc) is 3.02. The Kier molecular flexibility index (Phi) is 4.69. The highest BCUT2D eigenvalue weighted by molar-refractivity contribution is 6.33. The zero-order chi connectivity index (χ0) is 16.2. The van der Waals surface area contributed by atoms with E-state index in [1.807, 2.05) is 25.1 Å². The molecule has 0 aliphatic rings. The van der Waals surface area contributed by atoms with E-state index in [1.54, 1.807) is 24.3 Å². The lowest BCUT2D eigenvalue weighted by Crippen LogP contribution is -2.19. The van der Waals surface area contributed by atoms with Gasteiger partial charge in [0.2, 0.25) is 11.8 Å². The van der Waals surface area contributed by atoms with Crippen molar-refractivity contribution in [1.82, 2.24) is 15.5 Å². The molecule has 0 saturated carbocycles. The number of nitrogens with one attached hydrogen (secondary N) is 1. The van der Waals surface area contributed by atoms with Crippen LogP contribution >= 0.6 is 11.6 Å². The molecule has 1 atom stereocenters. The molecule has 0 bridgehead atoms. The van der Waals surface area contributed by atoms with Crippen molar-refractivity contribution in [2.24, 2.45) is 0 Å². The summed E-state index contributed by atoms with van der Waals surface area (Å²) in [7, 11) is 0. The van der Waals surface area contributed by atoms with Crippen LogP contribution in [0.25, 0.3) is 11.5 Å². The van der Waals surface area contributed by atoms with Crippen LogP contribution in [0.5, 0.6) is 0 Å². The predicted molar refractivity (Wildman–Crippen MR) is 86.4 cm³/mol. The molecule has 4 nitrogen and oxygen atoms in total. The number of hydrogen-bond acceptors (Lipinski definition) is 4. The zero-order valence-electron chi connectivity index (χ0n) is 12.5. The Bertz CT molecular complexity index is 806. The molecule has 0 amide bonds. The molecule has 2 aromatic carbocycles. The molecule has 0 spiro atoms. The minimum absolute atomic E-state index is 0.174. The second kappa shape index (κ2) is 6.89. The third-order valence-corrected chi connectivity index (χ3v) is 3.83. The molecule has 0 fully saturated rings. The van der Waals surface area contributed by atoms with Crippen molar-refractivity contribution >= 4 is 11.6 Å². The first kappa shape index (κ1) is 15.6. The van der Waals surface area contributed by atoms with Crippen LogP contribution < -0.4 is 5.32 Å². The highest BCUT2D eigenvalue weighted by Gasteiger charge is 2.14. The monoisotopic (exact) mass is 331 g/mol. The lowest BCUT2D eigenvalue weighted by Gasteiger charge is -2.13. The van der Waals surface area contributed by atoms with Gasteiger partial charge in [-0.15, -0.1) is 10.2 Å². The molecule has 1 N–H and O–H groups in total. The van der Waals surface area contributed by atoms with Gasteiger partial charge in [-0.05, 0) is 25.1 Å². The minimum atomic E-state index is -0.241. The third-order valence-electron chi connectivity index (χ3n) is 3.50. The van der Waals surface area contributed by atoms with E-state index in [1.165, 1.54) is 6.07 Å². The largest absolute Gasteiger partial charge is 0.419 e. The van der Waals surface area contributed by atoms with Gasteiger partial charge in [-0.1, -0.05) is 41.9 Å². The standard InChI is InChI=1S/C17H15ClFN3O/c1-11(12-6-3-5-9-15(12)19)20-10-16-21-22-17(23-16)13-7-2-4-8-14(13)18/h2-9,11,20H,10H2,1H3. The summed E-state index contributed by atoms with van der Waals surface area (Å²) >= 11 is 6.11. The van der Waals surface area contributed by atoms with E-state index in [4.69, 9.17) is 16.0 Å². The molecule has 3 aromatic rings. The number of halogens is 2. The normalized spacial score (nSPS) is 12.3. The van der Waals surface area contributed by atoms with Crippen molar-refractivity contribution in [3.63, 3.8) is 0 Å². The highest BCUT2D eigenvalue weighted by Crippen LogP contribution is 2.26. The summed E-state index contributed by atoms with van der Waals surface area (Å²) in [5, 5.41) is 11.7. The summed E-state index contributed by atoms with van der Waals surface area (Å²) in [4.78, 5) is 0. The molecular formula is C17H15ClFN3O. The van der Waals surface area contributed by atoms with Crippen LogP contribution in [0.15, 0.2) is 52.9 Å². The fraction of sp³-hybridized carbons (Fsp3) is 0.176. The van der Waals surface area contributed by atoms with Crippen LogP contribution in [0.3, 0.4) is 0 Å². The SMILES string of the molecule is CC(NCc1nnc(-c2ccccc2Cl)o1)c1ccccc1F. The van der Waals surface area contributed by atoms with E-state index >= 15 is 0 Å². The number of benzene rings is 2. The van der Waals surface area contributed by atoms with E-state index < -0.39 is 0 Å². The van der Waals surface area contributed by atoms with Gasteiger partial charge in [-0.25, -0.2) is 4.39 Å². The van der Waals surface area contributed by atoms with Crippen LogP contribution in [0.2, 0.25) is 5.02 Å². The summed E-state index contributed by atoms with van der Waals surface area (Å²) in [6, 6.07) is 13.7. The Balaban J connectivity index is 1.68. The second-order valence-corrected chi connectivity index (χ2v) is 5.51. The van der Waals surface area contributed by atoms with Gasteiger partial charge in [-0.3, -0.25) is 0 Å². The Labute approximate surface area is 138 Å². The van der Waals surface area contributed by atoms with Crippen LogP contribution in [-0.2, 0) is 6.54 Å². The van der Waals surface area contributed by atoms with E-state index in [9.17, 15) is 4.39 Å². The van der Waals surface area contributed by atoms with Crippen LogP contribution in [-0.4, -0.2) is 10.2 Å². The molecular weight excluding hydrogens is 317 g/mol. The summed E-state index contributed by atoms with van der Waals surface area (Å²) in [5.41, 5.74) is 1.29. The maximum absolute atomic E-state index is 13.7. The lowest BCUT2D eigenvalue weighted by molar-refractivity contribution is 0.447. The van der Waals surface area contributed by atoms with Gasteiger partial charge >= 0.3 is 0 Å². The van der Waals surface area contributed by atoms with E-state index in [2.05, 4.69) is 15.5 Å². The molecule has 1 heterocycles. The van der Waals surface area contributed by atoms with Gasteiger partial charge in [0.25, 0.3) is 0 Å². The Hall–Kier alpha value is -2.24. The van der Waals surface area contributed by atoms with Crippen molar-refractivity contribution in [3.05, 3.63) is 70.8 Å². The van der Waals surface area contributed by atoms with Gasteiger partial charge in [-0.2, -0.15) is 0 Å². The average molecular weight is 332 g/mol. The summed E-state index contributed by atoms with van der Waals surface area (Å²) in [5.74, 6) is 0.545. The zero-order valence-corrected chi connectivity index (χ0v) is 13.2. The van der Waals surface area contributed by atoms with E-state index in [0.717, 1.165) is 0 Å². The number of rotatable bonds is 5. The quantitative estimate of drug-likeness (QED) is 0.753. The first-order chi connectivity index (χ1) is 11.1. The third kappa shape index (κ3) is 3.57. The fourth-order valence-corrected chi connectivity index (χ4v) is 2.46. The summed E-state index contributed by atoms with van der Waals surface area (Å²) < 4.78 is 19.3. The maximum atomic E-state index is 13.7. The molecule has 6 heteroatoms. The van der Waals surface area contributed by atoms with Gasteiger partial charge < -0.3 is 9.73 Å². The van der Waals surface area contributed by atoms with Crippen LogP contribution in [0.4, 0.5) is 4.39 Å². The molecule has 3 rings (SSSR count). The first-order valence-electron chi connectivity index (χ1n) is 7.20. The molecule has 1 aromatic heterocycles. The minimum Gasteiger partial charge on any atom is -0.419 e. The predicted octanol–water partition coefficient (Wildman–Crippen LogP) is 4.38. The van der Waals surface area contributed by atoms with Crippen molar-refractivity contribution in [2.45, 2.75) is 19.5 Å². The summed E-state index contributed by atoms with van der Waals surface area (Å²) in [6.45, 7) is 2.22. The van der Waals surface area contributed by atoms with Gasteiger partial charge in [0.05, 0.1) is 17.1 Å². The molecule has 0 aliphatic heterocycles. The van der Waals surface area contributed by atoms with E-state index in [-0.39, 0.29) is 11.9 Å². The molecule has 0 saturated heterocycles. The molecule has 118 valence electrons. The molecule has 23 heavy (non-hydrogen) atoms. The number of nitrogens with zero attached hydrogens (tertiary/aromatic N) is 2. The lowest BCUT2D eigenvalue weighted by atomic mass is 10.1. The van der Waals surface area contributed by atoms with E-state index in [0.29, 0.717) is 34.5 Å². The first-order valence-corrected chi connectivity index (χ1v) is 7.58. The smallest absolute Gasteiger partial charge is 0.249 e. The van der Waals surface area contributed by atoms with Crippen molar-refractivity contribution in [3.8, 4) is 11.5 Å². The molecule has 1 unspecified atom stereocenters.